The van der Waals surface area contributed by atoms with E-state index < -0.39 is 30.1 Å². The standard InChI is InChI=1S/C13H12N2O5/c16-10(13(19)20)6-14-12(18)9-5-7-3-1-2-4-8(7)11(17)15-9/h1-5,10,16H,6H2,(H,14,18)(H,15,17)(H,19,20)/t10-/m0/s1. The van der Waals surface area contributed by atoms with Crippen LogP contribution in [0.15, 0.2) is 35.1 Å². The summed E-state index contributed by atoms with van der Waals surface area (Å²) in [6, 6.07) is 8.24. The van der Waals surface area contributed by atoms with E-state index in [0.29, 0.717) is 10.8 Å². The number of rotatable bonds is 4. The Kier molecular flexibility index (Phi) is 3.81. The average Bonchev–Trinajstić information content (AvgIpc) is 2.44. The summed E-state index contributed by atoms with van der Waals surface area (Å²) in [5, 5.41) is 20.8. The molecule has 20 heavy (non-hydrogen) atoms. The predicted octanol–water partition coefficient (Wildman–Crippen LogP) is -0.297. The Morgan fingerprint density at radius 3 is 2.70 bits per heavy atom. The van der Waals surface area contributed by atoms with Gasteiger partial charge in [-0.15, -0.1) is 0 Å². The molecule has 1 amide bonds. The van der Waals surface area contributed by atoms with Crippen molar-refractivity contribution in [2.45, 2.75) is 6.10 Å². The highest BCUT2D eigenvalue weighted by atomic mass is 16.4. The third-order valence-electron chi connectivity index (χ3n) is 2.74. The van der Waals surface area contributed by atoms with Crippen molar-refractivity contribution in [3.8, 4) is 0 Å². The molecule has 1 heterocycles. The molecule has 1 aromatic heterocycles. The van der Waals surface area contributed by atoms with E-state index in [1.807, 2.05) is 0 Å². The van der Waals surface area contributed by atoms with Gasteiger partial charge in [0.2, 0.25) is 0 Å². The molecule has 0 aliphatic rings. The monoisotopic (exact) mass is 276 g/mol. The fourth-order valence-electron chi connectivity index (χ4n) is 1.71. The number of carboxylic acids is 1. The molecule has 4 N–H and O–H groups in total. The number of hydrogen-bond acceptors (Lipinski definition) is 4. The molecule has 0 saturated heterocycles. The molecule has 0 fully saturated rings. The van der Waals surface area contributed by atoms with Crippen molar-refractivity contribution in [1.29, 1.82) is 0 Å². The fraction of sp³-hybridized carbons (Fsp3) is 0.154. The number of H-pyrrole nitrogens is 1. The summed E-state index contributed by atoms with van der Waals surface area (Å²) >= 11 is 0. The minimum absolute atomic E-state index is 0.00582. The lowest BCUT2D eigenvalue weighted by atomic mass is 10.1. The summed E-state index contributed by atoms with van der Waals surface area (Å²) in [7, 11) is 0. The second kappa shape index (κ2) is 5.54. The van der Waals surface area contributed by atoms with E-state index in [1.54, 1.807) is 24.3 Å². The van der Waals surface area contributed by atoms with E-state index in [0.717, 1.165) is 0 Å². The lowest BCUT2D eigenvalue weighted by Gasteiger charge is -2.08. The molecule has 0 unspecified atom stereocenters. The third-order valence-corrected chi connectivity index (χ3v) is 2.74. The molecule has 7 heteroatoms. The first-order chi connectivity index (χ1) is 9.49. The molecular weight excluding hydrogens is 264 g/mol. The third kappa shape index (κ3) is 2.83. The predicted molar refractivity (Wildman–Crippen MR) is 70.5 cm³/mol. The van der Waals surface area contributed by atoms with Crippen molar-refractivity contribution in [2.24, 2.45) is 0 Å². The summed E-state index contributed by atoms with van der Waals surface area (Å²) < 4.78 is 0. The molecule has 0 bridgehead atoms. The number of aromatic amines is 1. The quantitative estimate of drug-likeness (QED) is 0.611. The first kappa shape index (κ1) is 13.8. The number of hydrogen-bond donors (Lipinski definition) is 4. The molecule has 0 saturated carbocycles. The van der Waals surface area contributed by atoms with Gasteiger partial charge >= 0.3 is 5.97 Å². The van der Waals surface area contributed by atoms with Crippen molar-refractivity contribution in [2.75, 3.05) is 6.54 Å². The van der Waals surface area contributed by atoms with Gasteiger partial charge in [-0.25, -0.2) is 4.79 Å². The maximum Gasteiger partial charge on any atom is 0.334 e. The minimum atomic E-state index is -1.69. The molecule has 2 rings (SSSR count). The van der Waals surface area contributed by atoms with Gasteiger partial charge in [-0.3, -0.25) is 9.59 Å². The van der Waals surface area contributed by atoms with Crippen LogP contribution in [0.2, 0.25) is 0 Å². The zero-order valence-corrected chi connectivity index (χ0v) is 10.3. The number of fused-ring (bicyclic) bond motifs is 1. The van der Waals surface area contributed by atoms with E-state index in [4.69, 9.17) is 10.2 Å². The maximum absolute atomic E-state index is 11.8. The van der Waals surface area contributed by atoms with Crippen LogP contribution in [0.4, 0.5) is 0 Å². The Bertz CT molecular complexity index is 722. The maximum atomic E-state index is 11.8. The number of carbonyl (C=O) groups is 2. The van der Waals surface area contributed by atoms with E-state index in [2.05, 4.69) is 10.3 Å². The highest BCUT2D eigenvalue weighted by molar-refractivity contribution is 5.96. The van der Waals surface area contributed by atoms with E-state index in [1.165, 1.54) is 6.07 Å². The van der Waals surface area contributed by atoms with Gasteiger partial charge in [0.25, 0.3) is 11.5 Å². The Hall–Kier alpha value is -2.67. The molecule has 0 spiro atoms. The second-order valence-corrected chi connectivity index (χ2v) is 4.16. The molecule has 1 atom stereocenters. The first-order valence-electron chi connectivity index (χ1n) is 5.80. The summed E-state index contributed by atoms with van der Waals surface area (Å²) in [5.41, 5.74) is -0.404. The van der Waals surface area contributed by atoms with Gasteiger partial charge in [-0.05, 0) is 17.5 Å². The van der Waals surface area contributed by atoms with Crippen LogP contribution in [0, 0.1) is 0 Å². The Balaban J connectivity index is 2.23. The molecular formula is C13H12N2O5. The largest absolute Gasteiger partial charge is 0.479 e. The van der Waals surface area contributed by atoms with Crippen LogP contribution in [-0.2, 0) is 4.79 Å². The molecule has 2 aromatic rings. The number of amides is 1. The summed E-state index contributed by atoms with van der Waals surface area (Å²) in [6.45, 7) is -0.441. The number of aliphatic hydroxyl groups is 1. The lowest BCUT2D eigenvalue weighted by molar-refractivity contribution is -0.146. The highest BCUT2D eigenvalue weighted by Crippen LogP contribution is 2.09. The Labute approximate surface area is 112 Å². The van der Waals surface area contributed by atoms with Gasteiger partial charge in [0.05, 0.1) is 6.54 Å². The topological polar surface area (TPSA) is 119 Å². The van der Waals surface area contributed by atoms with Crippen LogP contribution in [0.25, 0.3) is 10.8 Å². The Morgan fingerprint density at radius 2 is 2.00 bits per heavy atom. The van der Waals surface area contributed by atoms with Gasteiger partial charge in [-0.2, -0.15) is 0 Å². The van der Waals surface area contributed by atoms with E-state index >= 15 is 0 Å². The number of aromatic nitrogens is 1. The lowest BCUT2D eigenvalue weighted by Crippen LogP contribution is -2.37. The minimum Gasteiger partial charge on any atom is -0.479 e. The normalized spacial score (nSPS) is 12.1. The van der Waals surface area contributed by atoms with Crippen LogP contribution in [0.3, 0.4) is 0 Å². The molecule has 0 radical (unpaired) electrons. The van der Waals surface area contributed by atoms with Gasteiger partial charge in [-0.1, -0.05) is 18.2 Å². The SMILES string of the molecule is O=C(NC[C@H](O)C(=O)O)c1cc2ccccc2c(=O)[nH]1. The van der Waals surface area contributed by atoms with Gasteiger partial charge in [0.1, 0.15) is 5.69 Å². The van der Waals surface area contributed by atoms with Crippen molar-refractivity contribution in [3.05, 3.63) is 46.4 Å². The first-order valence-corrected chi connectivity index (χ1v) is 5.80. The van der Waals surface area contributed by atoms with Crippen LogP contribution in [0.1, 0.15) is 10.5 Å². The average molecular weight is 276 g/mol. The summed E-state index contributed by atoms with van der Waals surface area (Å²) in [5.74, 6) is -2.09. The van der Waals surface area contributed by atoms with Crippen molar-refractivity contribution >= 4 is 22.6 Å². The number of benzene rings is 1. The zero-order valence-electron chi connectivity index (χ0n) is 10.3. The van der Waals surface area contributed by atoms with Crippen molar-refractivity contribution in [1.82, 2.24) is 10.3 Å². The van der Waals surface area contributed by atoms with Crippen LogP contribution in [0.5, 0.6) is 0 Å². The number of aliphatic hydroxyl groups excluding tert-OH is 1. The Morgan fingerprint density at radius 1 is 1.30 bits per heavy atom. The molecule has 104 valence electrons. The van der Waals surface area contributed by atoms with Gasteiger partial charge in [0, 0.05) is 5.39 Å². The highest BCUT2D eigenvalue weighted by Gasteiger charge is 2.15. The van der Waals surface area contributed by atoms with Gasteiger partial charge < -0.3 is 20.5 Å². The molecule has 7 nitrogen and oxygen atoms in total. The van der Waals surface area contributed by atoms with Crippen molar-refractivity contribution < 1.29 is 19.8 Å². The summed E-state index contributed by atoms with van der Waals surface area (Å²) in [6.07, 6.45) is -1.69. The second-order valence-electron chi connectivity index (χ2n) is 4.16. The molecule has 1 aromatic carbocycles. The van der Waals surface area contributed by atoms with E-state index in [-0.39, 0.29) is 5.69 Å². The smallest absolute Gasteiger partial charge is 0.334 e. The molecule has 0 aliphatic heterocycles. The van der Waals surface area contributed by atoms with Gasteiger partial charge in [0.15, 0.2) is 6.10 Å². The van der Waals surface area contributed by atoms with Crippen LogP contribution >= 0.6 is 0 Å². The number of carboxylic acid groups (broad SMARTS) is 1. The van der Waals surface area contributed by atoms with Crippen LogP contribution in [-0.4, -0.2) is 39.7 Å². The summed E-state index contributed by atoms with van der Waals surface area (Å²) in [4.78, 5) is 36.4. The number of aliphatic carboxylic acids is 1. The fourth-order valence-corrected chi connectivity index (χ4v) is 1.71. The number of nitrogens with one attached hydrogen (secondary N) is 2. The van der Waals surface area contributed by atoms with E-state index in [9.17, 15) is 14.4 Å². The zero-order chi connectivity index (χ0) is 14.7. The molecule has 0 aliphatic carbocycles. The van der Waals surface area contributed by atoms with Crippen molar-refractivity contribution in [3.63, 3.8) is 0 Å². The van der Waals surface area contributed by atoms with Crippen LogP contribution < -0.4 is 10.9 Å². The number of pyridine rings is 1. The number of carbonyl (C=O) groups excluding carboxylic acids is 1.